The number of aliphatic hydroxyl groups excluding tert-OH is 1. The Kier molecular flexibility index (Phi) is 5.21. The standard InChI is InChI=1S/C14H22N2O4S/c1-12-11-13(20-2)3-4-14(12)21(18,19)16-7-5-15(6-8-16)9-10-17/h3-4,11,17H,5-10H2,1-2H3. The van der Waals surface area contributed by atoms with Crippen LogP contribution in [0.4, 0.5) is 0 Å². The van der Waals surface area contributed by atoms with Crippen molar-refractivity contribution >= 4 is 10.0 Å². The van der Waals surface area contributed by atoms with E-state index < -0.39 is 10.0 Å². The van der Waals surface area contributed by atoms with Gasteiger partial charge in [0.1, 0.15) is 5.75 Å². The Bertz CT molecular complexity index is 581. The molecule has 0 bridgehead atoms. The van der Waals surface area contributed by atoms with E-state index >= 15 is 0 Å². The summed E-state index contributed by atoms with van der Waals surface area (Å²) in [6.45, 7) is 4.67. The first-order valence-corrected chi connectivity index (χ1v) is 8.41. The zero-order chi connectivity index (χ0) is 15.5. The van der Waals surface area contributed by atoms with Crippen molar-refractivity contribution in [2.24, 2.45) is 0 Å². The van der Waals surface area contributed by atoms with Crippen LogP contribution in [0.2, 0.25) is 0 Å². The molecular weight excluding hydrogens is 292 g/mol. The third-order valence-corrected chi connectivity index (χ3v) is 5.81. The fourth-order valence-electron chi connectivity index (χ4n) is 2.51. The summed E-state index contributed by atoms with van der Waals surface area (Å²) in [6.07, 6.45) is 0. The van der Waals surface area contributed by atoms with Crippen LogP contribution >= 0.6 is 0 Å². The smallest absolute Gasteiger partial charge is 0.243 e. The third-order valence-electron chi connectivity index (χ3n) is 3.75. The molecule has 1 aliphatic heterocycles. The molecular formula is C14H22N2O4S. The van der Waals surface area contributed by atoms with E-state index in [4.69, 9.17) is 9.84 Å². The van der Waals surface area contributed by atoms with Crippen LogP contribution in [0.5, 0.6) is 5.75 Å². The van der Waals surface area contributed by atoms with Gasteiger partial charge in [0.15, 0.2) is 0 Å². The lowest BCUT2D eigenvalue weighted by Crippen LogP contribution is -2.49. The fraction of sp³-hybridized carbons (Fsp3) is 0.571. The van der Waals surface area contributed by atoms with Gasteiger partial charge in [-0.15, -0.1) is 0 Å². The number of sulfonamides is 1. The summed E-state index contributed by atoms with van der Waals surface area (Å²) in [5.41, 5.74) is 0.687. The average molecular weight is 314 g/mol. The van der Waals surface area contributed by atoms with Gasteiger partial charge < -0.3 is 9.84 Å². The van der Waals surface area contributed by atoms with Gasteiger partial charge in [-0.25, -0.2) is 8.42 Å². The SMILES string of the molecule is COc1ccc(S(=O)(=O)N2CCN(CCO)CC2)c(C)c1. The molecule has 0 amide bonds. The molecule has 2 rings (SSSR count). The van der Waals surface area contributed by atoms with Crippen molar-refractivity contribution in [2.45, 2.75) is 11.8 Å². The number of aryl methyl sites for hydroxylation is 1. The second-order valence-corrected chi connectivity index (χ2v) is 7.01. The first-order chi connectivity index (χ1) is 9.98. The molecule has 1 saturated heterocycles. The Labute approximate surface area is 126 Å². The third kappa shape index (κ3) is 3.55. The predicted octanol–water partition coefficient (Wildman–Crippen LogP) is 0.302. The Morgan fingerprint density at radius 3 is 2.43 bits per heavy atom. The van der Waals surface area contributed by atoms with Gasteiger partial charge in [0.25, 0.3) is 0 Å². The minimum Gasteiger partial charge on any atom is -0.497 e. The van der Waals surface area contributed by atoms with Crippen LogP contribution in [0.1, 0.15) is 5.56 Å². The highest BCUT2D eigenvalue weighted by Crippen LogP contribution is 2.24. The lowest BCUT2D eigenvalue weighted by atomic mass is 10.2. The highest BCUT2D eigenvalue weighted by Gasteiger charge is 2.29. The highest BCUT2D eigenvalue weighted by molar-refractivity contribution is 7.89. The number of nitrogens with zero attached hydrogens (tertiary/aromatic N) is 2. The Balaban J connectivity index is 2.16. The fourth-order valence-corrected chi connectivity index (χ4v) is 4.14. The van der Waals surface area contributed by atoms with Crippen LogP contribution in [0, 0.1) is 6.92 Å². The normalized spacial score (nSPS) is 17.9. The van der Waals surface area contributed by atoms with Gasteiger partial charge in [-0.2, -0.15) is 4.31 Å². The number of hydrogen-bond donors (Lipinski definition) is 1. The summed E-state index contributed by atoms with van der Waals surface area (Å²) in [7, 11) is -1.91. The lowest BCUT2D eigenvalue weighted by molar-refractivity contribution is 0.151. The molecule has 0 atom stereocenters. The van der Waals surface area contributed by atoms with E-state index in [1.54, 1.807) is 32.2 Å². The number of hydrogen-bond acceptors (Lipinski definition) is 5. The van der Waals surface area contributed by atoms with Gasteiger partial charge >= 0.3 is 0 Å². The Hall–Kier alpha value is -1.15. The molecule has 0 aliphatic carbocycles. The maximum atomic E-state index is 12.7. The van der Waals surface area contributed by atoms with Gasteiger partial charge in [-0.05, 0) is 30.7 Å². The molecule has 0 spiro atoms. The zero-order valence-electron chi connectivity index (χ0n) is 12.4. The molecule has 0 unspecified atom stereocenters. The lowest BCUT2D eigenvalue weighted by Gasteiger charge is -2.33. The molecule has 1 aromatic rings. The topological polar surface area (TPSA) is 70.1 Å². The van der Waals surface area contributed by atoms with E-state index in [1.807, 2.05) is 0 Å². The van der Waals surface area contributed by atoms with Crippen LogP contribution in [0.3, 0.4) is 0 Å². The van der Waals surface area contributed by atoms with Crippen molar-refractivity contribution in [3.05, 3.63) is 23.8 Å². The summed E-state index contributed by atoms with van der Waals surface area (Å²) in [6, 6.07) is 5.00. The van der Waals surface area contributed by atoms with E-state index in [0.717, 1.165) is 0 Å². The number of benzene rings is 1. The van der Waals surface area contributed by atoms with Crippen LogP contribution in [-0.4, -0.2) is 69.2 Å². The predicted molar refractivity (Wildman–Crippen MR) is 80.0 cm³/mol. The minimum atomic E-state index is -3.47. The summed E-state index contributed by atoms with van der Waals surface area (Å²) in [5.74, 6) is 0.652. The van der Waals surface area contributed by atoms with E-state index in [9.17, 15) is 8.42 Å². The van der Waals surface area contributed by atoms with Crippen LogP contribution in [0.15, 0.2) is 23.1 Å². The minimum absolute atomic E-state index is 0.102. The maximum absolute atomic E-state index is 12.7. The van der Waals surface area contributed by atoms with Gasteiger partial charge in [0.2, 0.25) is 10.0 Å². The molecule has 118 valence electrons. The van der Waals surface area contributed by atoms with Gasteiger partial charge in [-0.3, -0.25) is 4.90 Å². The summed E-state index contributed by atoms with van der Waals surface area (Å²) < 4.78 is 32.0. The van der Waals surface area contributed by atoms with Crippen molar-refractivity contribution in [3.63, 3.8) is 0 Å². The van der Waals surface area contributed by atoms with E-state index in [1.165, 1.54) is 4.31 Å². The molecule has 1 heterocycles. The number of β-amino-alcohol motifs (C(OH)–C–C–N with tert-alkyl or cyclic N) is 1. The zero-order valence-corrected chi connectivity index (χ0v) is 13.3. The molecule has 1 aromatic carbocycles. The van der Waals surface area contributed by atoms with E-state index in [-0.39, 0.29) is 6.61 Å². The second kappa shape index (κ2) is 6.74. The average Bonchev–Trinajstić information content (AvgIpc) is 2.47. The summed E-state index contributed by atoms with van der Waals surface area (Å²) in [4.78, 5) is 2.39. The van der Waals surface area contributed by atoms with Crippen molar-refractivity contribution in [1.82, 2.24) is 9.21 Å². The number of piperazine rings is 1. The first kappa shape index (κ1) is 16.2. The number of ether oxygens (including phenoxy) is 1. The summed E-state index contributed by atoms with van der Waals surface area (Å²) in [5, 5.41) is 8.92. The van der Waals surface area contributed by atoms with Crippen molar-refractivity contribution < 1.29 is 18.3 Å². The number of rotatable bonds is 5. The molecule has 7 heteroatoms. The largest absolute Gasteiger partial charge is 0.497 e. The number of methoxy groups -OCH3 is 1. The first-order valence-electron chi connectivity index (χ1n) is 6.97. The second-order valence-electron chi connectivity index (χ2n) is 5.10. The van der Waals surface area contributed by atoms with Crippen LogP contribution < -0.4 is 4.74 Å². The molecule has 6 nitrogen and oxygen atoms in total. The van der Waals surface area contributed by atoms with Crippen molar-refractivity contribution in [3.8, 4) is 5.75 Å². The van der Waals surface area contributed by atoms with Crippen LogP contribution in [0.25, 0.3) is 0 Å². The van der Waals surface area contributed by atoms with Crippen molar-refractivity contribution in [2.75, 3.05) is 46.4 Å². The molecule has 21 heavy (non-hydrogen) atoms. The highest BCUT2D eigenvalue weighted by atomic mass is 32.2. The van der Waals surface area contributed by atoms with Crippen molar-refractivity contribution in [1.29, 1.82) is 0 Å². The van der Waals surface area contributed by atoms with Gasteiger partial charge in [0, 0.05) is 32.7 Å². The monoisotopic (exact) mass is 314 g/mol. The molecule has 1 fully saturated rings. The summed E-state index contributed by atoms with van der Waals surface area (Å²) >= 11 is 0. The number of aliphatic hydroxyl groups is 1. The molecule has 0 radical (unpaired) electrons. The molecule has 0 aromatic heterocycles. The van der Waals surface area contributed by atoms with Crippen LogP contribution in [-0.2, 0) is 10.0 Å². The van der Waals surface area contributed by atoms with Gasteiger partial charge in [0.05, 0.1) is 18.6 Å². The quantitative estimate of drug-likeness (QED) is 0.846. The molecule has 0 saturated carbocycles. The maximum Gasteiger partial charge on any atom is 0.243 e. The Morgan fingerprint density at radius 1 is 1.24 bits per heavy atom. The van der Waals surface area contributed by atoms with E-state index in [0.29, 0.717) is 48.9 Å². The molecule has 1 aliphatic rings. The van der Waals surface area contributed by atoms with Gasteiger partial charge in [-0.1, -0.05) is 0 Å². The van der Waals surface area contributed by atoms with E-state index in [2.05, 4.69) is 4.90 Å². The Morgan fingerprint density at radius 2 is 1.90 bits per heavy atom. The molecule has 1 N–H and O–H groups in total.